The second-order valence-electron chi connectivity index (χ2n) is 5.25. The largest absolute Gasteiger partial charge is 0.480 e. The summed E-state index contributed by atoms with van der Waals surface area (Å²) in [5.74, 6) is -1.40. The Morgan fingerprint density at radius 2 is 1.86 bits per heavy atom. The van der Waals surface area contributed by atoms with Gasteiger partial charge in [-0.15, -0.1) is 0 Å². The summed E-state index contributed by atoms with van der Waals surface area (Å²) in [6, 6.07) is 9.75. The van der Waals surface area contributed by atoms with E-state index in [0.29, 0.717) is 17.7 Å². The molecule has 0 unspecified atom stereocenters. The lowest BCUT2D eigenvalue weighted by atomic mass is 10.0. The highest BCUT2D eigenvalue weighted by molar-refractivity contribution is 6.10. The number of hydrogen-bond acceptors (Lipinski definition) is 3. The molecule has 1 amide bonds. The molecule has 116 valence electrons. The Morgan fingerprint density at radius 1 is 1.18 bits per heavy atom. The van der Waals surface area contributed by atoms with Crippen molar-refractivity contribution in [1.82, 2.24) is 5.32 Å². The van der Waals surface area contributed by atoms with Crippen molar-refractivity contribution in [2.45, 2.75) is 32.2 Å². The summed E-state index contributed by atoms with van der Waals surface area (Å²) in [5.41, 5.74) is 6.94. The van der Waals surface area contributed by atoms with Crippen molar-refractivity contribution in [2.75, 3.05) is 5.73 Å². The predicted molar refractivity (Wildman–Crippen MR) is 86.8 cm³/mol. The van der Waals surface area contributed by atoms with Crippen LogP contribution in [0.5, 0.6) is 0 Å². The minimum Gasteiger partial charge on any atom is -0.480 e. The van der Waals surface area contributed by atoms with Crippen LogP contribution in [-0.4, -0.2) is 23.0 Å². The number of aliphatic carboxylic acids is 1. The fourth-order valence-corrected chi connectivity index (χ4v) is 2.43. The zero-order chi connectivity index (χ0) is 16.1. The maximum Gasteiger partial charge on any atom is 0.326 e. The van der Waals surface area contributed by atoms with E-state index in [1.54, 1.807) is 24.3 Å². The molecule has 0 aliphatic carbocycles. The maximum absolute atomic E-state index is 12.4. The van der Waals surface area contributed by atoms with Gasteiger partial charge in [-0.1, -0.05) is 44.0 Å². The van der Waals surface area contributed by atoms with Crippen molar-refractivity contribution in [3.8, 4) is 0 Å². The van der Waals surface area contributed by atoms with Crippen LogP contribution in [0.4, 0.5) is 5.69 Å². The summed E-state index contributed by atoms with van der Waals surface area (Å²) < 4.78 is 0. The van der Waals surface area contributed by atoms with Crippen LogP contribution in [0.15, 0.2) is 36.4 Å². The number of fused-ring (bicyclic) bond motifs is 1. The zero-order valence-electron chi connectivity index (χ0n) is 12.5. The van der Waals surface area contributed by atoms with E-state index >= 15 is 0 Å². The number of nitrogens with two attached hydrogens (primary N) is 1. The van der Waals surface area contributed by atoms with Gasteiger partial charge in [-0.25, -0.2) is 4.79 Å². The average Bonchev–Trinajstić information content (AvgIpc) is 2.51. The molecule has 0 saturated carbocycles. The number of carboxylic acid groups (broad SMARTS) is 1. The second-order valence-corrected chi connectivity index (χ2v) is 5.25. The van der Waals surface area contributed by atoms with Crippen LogP contribution < -0.4 is 11.1 Å². The van der Waals surface area contributed by atoms with E-state index in [4.69, 9.17) is 5.73 Å². The first-order valence-corrected chi connectivity index (χ1v) is 7.35. The van der Waals surface area contributed by atoms with E-state index in [0.717, 1.165) is 23.6 Å². The Balaban J connectivity index is 2.29. The lowest BCUT2D eigenvalue weighted by molar-refractivity contribution is -0.139. The third-order valence-electron chi connectivity index (χ3n) is 3.65. The first-order chi connectivity index (χ1) is 10.5. The third kappa shape index (κ3) is 3.36. The molecule has 2 rings (SSSR count). The molecule has 0 aliphatic rings. The van der Waals surface area contributed by atoms with E-state index in [1.165, 1.54) is 0 Å². The number of benzene rings is 2. The molecule has 0 heterocycles. The van der Waals surface area contributed by atoms with Crippen molar-refractivity contribution in [3.63, 3.8) is 0 Å². The van der Waals surface area contributed by atoms with Gasteiger partial charge >= 0.3 is 5.97 Å². The lowest BCUT2D eigenvalue weighted by Crippen LogP contribution is -2.40. The van der Waals surface area contributed by atoms with Gasteiger partial charge in [-0.05, 0) is 23.9 Å². The first kappa shape index (κ1) is 15.8. The quantitative estimate of drug-likeness (QED) is 0.715. The first-order valence-electron chi connectivity index (χ1n) is 7.35. The van der Waals surface area contributed by atoms with Gasteiger partial charge in [-0.2, -0.15) is 0 Å². The minimum absolute atomic E-state index is 0.389. The topological polar surface area (TPSA) is 92.4 Å². The van der Waals surface area contributed by atoms with Crippen molar-refractivity contribution in [3.05, 3.63) is 42.0 Å². The number of amides is 1. The third-order valence-corrected chi connectivity index (χ3v) is 3.65. The predicted octanol–water partition coefficient (Wildman–Crippen LogP) is 2.80. The Labute approximate surface area is 129 Å². The maximum atomic E-state index is 12.4. The number of rotatable bonds is 6. The molecule has 0 bridgehead atoms. The standard InChI is InChI=1S/C17H20N2O3/c1-2-3-10-15(17(21)22)19-16(20)13-8-4-7-12-11(13)6-5-9-14(12)18/h4-9,15H,2-3,10,18H2,1H3,(H,19,20)(H,21,22)/t15-/m0/s1. The van der Waals surface area contributed by atoms with Crippen LogP contribution in [0.25, 0.3) is 10.8 Å². The van der Waals surface area contributed by atoms with Gasteiger partial charge in [0.25, 0.3) is 5.91 Å². The molecule has 2 aromatic carbocycles. The Morgan fingerprint density at radius 3 is 2.55 bits per heavy atom. The highest BCUT2D eigenvalue weighted by atomic mass is 16.4. The molecule has 5 heteroatoms. The van der Waals surface area contributed by atoms with Crippen molar-refractivity contribution in [1.29, 1.82) is 0 Å². The van der Waals surface area contributed by atoms with Gasteiger partial charge in [0.1, 0.15) is 6.04 Å². The van der Waals surface area contributed by atoms with Gasteiger partial charge in [0.15, 0.2) is 0 Å². The number of unbranched alkanes of at least 4 members (excludes halogenated alkanes) is 1. The van der Waals surface area contributed by atoms with E-state index in [2.05, 4.69) is 5.32 Å². The molecule has 22 heavy (non-hydrogen) atoms. The Bertz CT molecular complexity index is 697. The van der Waals surface area contributed by atoms with E-state index in [1.807, 2.05) is 19.1 Å². The number of nitrogen functional groups attached to an aromatic ring is 1. The number of nitrogens with one attached hydrogen (secondary N) is 1. The summed E-state index contributed by atoms with van der Waals surface area (Å²) in [4.78, 5) is 23.7. The number of anilines is 1. The number of hydrogen-bond donors (Lipinski definition) is 3. The molecular weight excluding hydrogens is 280 g/mol. The molecule has 0 saturated heterocycles. The van der Waals surface area contributed by atoms with E-state index in [9.17, 15) is 14.7 Å². The van der Waals surface area contributed by atoms with Crippen LogP contribution in [0.1, 0.15) is 36.5 Å². The molecule has 0 spiro atoms. The van der Waals surface area contributed by atoms with E-state index < -0.39 is 12.0 Å². The van der Waals surface area contributed by atoms with Crippen LogP contribution in [0.3, 0.4) is 0 Å². The van der Waals surface area contributed by atoms with Gasteiger partial charge < -0.3 is 16.2 Å². The van der Waals surface area contributed by atoms with Crippen LogP contribution in [-0.2, 0) is 4.79 Å². The van der Waals surface area contributed by atoms with Crippen LogP contribution >= 0.6 is 0 Å². The van der Waals surface area contributed by atoms with Gasteiger partial charge in [-0.3, -0.25) is 4.79 Å². The Hall–Kier alpha value is -2.56. The van der Waals surface area contributed by atoms with Crippen LogP contribution in [0.2, 0.25) is 0 Å². The second kappa shape index (κ2) is 6.93. The highest BCUT2D eigenvalue weighted by Crippen LogP contribution is 2.24. The SMILES string of the molecule is CCCC[C@H](NC(=O)c1cccc2c(N)cccc12)C(=O)O. The summed E-state index contributed by atoms with van der Waals surface area (Å²) in [7, 11) is 0. The summed E-state index contributed by atoms with van der Waals surface area (Å²) in [6.45, 7) is 1.98. The number of carbonyl (C=O) groups is 2. The number of carboxylic acids is 1. The molecule has 0 fully saturated rings. The fourth-order valence-electron chi connectivity index (χ4n) is 2.43. The molecule has 1 atom stereocenters. The molecule has 0 radical (unpaired) electrons. The van der Waals surface area contributed by atoms with Gasteiger partial charge in [0.2, 0.25) is 0 Å². The molecule has 4 N–H and O–H groups in total. The van der Waals surface area contributed by atoms with Crippen molar-refractivity contribution in [2.24, 2.45) is 0 Å². The molecular formula is C17H20N2O3. The molecule has 5 nitrogen and oxygen atoms in total. The lowest BCUT2D eigenvalue weighted by Gasteiger charge is -2.15. The summed E-state index contributed by atoms with van der Waals surface area (Å²) in [6.07, 6.45) is 2.05. The molecule has 0 aromatic heterocycles. The summed E-state index contributed by atoms with van der Waals surface area (Å²) >= 11 is 0. The van der Waals surface area contributed by atoms with Crippen molar-refractivity contribution >= 4 is 28.3 Å². The highest BCUT2D eigenvalue weighted by Gasteiger charge is 2.21. The zero-order valence-corrected chi connectivity index (χ0v) is 12.5. The van der Waals surface area contributed by atoms with Gasteiger partial charge in [0.05, 0.1) is 0 Å². The summed E-state index contributed by atoms with van der Waals surface area (Å²) in [5, 5.41) is 13.3. The fraction of sp³-hybridized carbons (Fsp3) is 0.294. The molecule has 0 aliphatic heterocycles. The number of carbonyl (C=O) groups excluding carboxylic acids is 1. The molecule has 2 aromatic rings. The average molecular weight is 300 g/mol. The normalized spacial score (nSPS) is 12.0. The van der Waals surface area contributed by atoms with Gasteiger partial charge in [0, 0.05) is 16.6 Å². The smallest absolute Gasteiger partial charge is 0.326 e. The monoisotopic (exact) mass is 300 g/mol. The Kier molecular flexibility index (Phi) is 4.99. The van der Waals surface area contributed by atoms with E-state index in [-0.39, 0.29) is 5.91 Å². The van der Waals surface area contributed by atoms with Crippen LogP contribution in [0, 0.1) is 0 Å². The van der Waals surface area contributed by atoms with Crippen molar-refractivity contribution < 1.29 is 14.7 Å². The minimum atomic E-state index is -1.01.